The highest BCUT2D eigenvalue weighted by Crippen LogP contribution is 2.57. The van der Waals surface area contributed by atoms with E-state index >= 15 is 0 Å². The molecule has 0 saturated carbocycles. The van der Waals surface area contributed by atoms with Crippen molar-refractivity contribution in [1.29, 1.82) is 0 Å². The number of rotatable bonds is 7. The lowest BCUT2D eigenvalue weighted by Gasteiger charge is -2.34. The summed E-state index contributed by atoms with van der Waals surface area (Å²) in [5.41, 5.74) is -7.19. The van der Waals surface area contributed by atoms with Gasteiger partial charge in [-0.2, -0.15) is 0 Å². The first-order valence-electron chi connectivity index (χ1n) is 29.9. The van der Waals surface area contributed by atoms with E-state index in [4.69, 9.17) is 23.7 Å². The summed E-state index contributed by atoms with van der Waals surface area (Å²) in [6, 6.07) is 4.17. The van der Waals surface area contributed by atoms with Crippen molar-refractivity contribution in [2.24, 2.45) is 0 Å². The number of nitrogens with zero attached hydrogens (tertiary/aromatic N) is 2. The summed E-state index contributed by atoms with van der Waals surface area (Å²) in [4.78, 5) is 9.74. The van der Waals surface area contributed by atoms with Gasteiger partial charge in [-0.25, -0.2) is 9.97 Å². The van der Waals surface area contributed by atoms with Crippen molar-refractivity contribution in [3.63, 3.8) is 0 Å². The normalized spacial score (nSPS) is 18.0. The van der Waals surface area contributed by atoms with Gasteiger partial charge in [-0.15, -0.1) is 0 Å². The van der Waals surface area contributed by atoms with Crippen molar-refractivity contribution < 1.29 is 31.5 Å². The van der Waals surface area contributed by atoms with Crippen molar-refractivity contribution in [1.82, 2.24) is 9.97 Å². The van der Waals surface area contributed by atoms with Crippen LogP contribution in [0.5, 0.6) is 0 Å². The van der Waals surface area contributed by atoms with Gasteiger partial charge in [0.05, 0.1) is 48.3 Å². The molecule has 2 heteroatoms. The van der Waals surface area contributed by atoms with E-state index < -0.39 is 200 Å². The molecule has 9 aromatic carbocycles. The highest BCUT2D eigenvalue weighted by molar-refractivity contribution is 6.05. The zero-order chi connectivity index (χ0) is 59.2. The highest BCUT2D eigenvalue weighted by atomic mass is 14.9. The summed E-state index contributed by atoms with van der Waals surface area (Å²) in [5, 5.41) is -1.05. The van der Waals surface area contributed by atoms with Crippen molar-refractivity contribution >= 4 is 10.8 Å². The Hall–Kier alpha value is -7.68. The second-order valence-corrected chi connectivity index (χ2v) is 13.5. The van der Waals surface area contributed by atoms with Crippen LogP contribution in [0, 0.1) is 0 Å². The molecule has 0 aliphatic heterocycles. The first-order chi connectivity index (χ1) is 38.8. The Labute approximate surface area is 377 Å². The molecule has 1 aliphatic carbocycles. The average molecular weight is 774 g/mol. The largest absolute Gasteiger partial charge is 0.228 e. The van der Waals surface area contributed by atoms with E-state index in [1.165, 1.54) is 6.07 Å². The molecular weight excluding hydrogens is 713 g/mol. The lowest BCUT2D eigenvalue weighted by atomic mass is 9.67. The second-order valence-electron chi connectivity index (χ2n) is 13.5. The molecule has 1 heterocycles. The van der Waals surface area contributed by atoms with Gasteiger partial charge in [-0.05, 0) is 78.5 Å². The van der Waals surface area contributed by atoms with Gasteiger partial charge >= 0.3 is 0 Å². The molecule has 0 N–H and O–H groups in total. The standard InChI is InChI=1S/C57H38N2/c1-5-17-39(18-6-1)40-29-31-41(32-30-40)54-38-55(59-56(58-54)42-19-7-2-8-20-42)51-36-35-46(47-25-13-14-26-48(47)51)43-33-34-50-49-27-15-16-28-52(49)57(53(50)37-43,44-21-9-3-10-22-44)45-23-11-4-12-24-45/h1-38H/i3D,4D,9D,10D,11D,12D,13D,14D,15D,16D,21D,22D,23D,24D,25D,26D,27D,28D,33D,34D,35D,36D,37D. The smallest absolute Gasteiger partial charge is 0.160 e. The number of hydrogen-bond donors (Lipinski definition) is 0. The van der Waals surface area contributed by atoms with Gasteiger partial charge in [0.1, 0.15) is 0 Å². The Morgan fingerprint density at radius 2 is 0.864 bits per heavy atom. The van der Waals surface area contributed by atoms with Crippen LogP contribution in [0.1, 0.15) is 53.8 Å². The summed E-state index contributed by atoms with van der Waals surface area (Å²) in [6.45, 7) is 0. The molecule has 2 nitrogen and oxygen atoms in total. The minimum absolute atomic E-state index is 0.106. The number of aromatic nitrogens is 2. The zero-order valence-electron chi connectivity index (χ0n) is 53.6. The van der Waals surface area contributed by atoms with Crippen LogP contribution in [0.4, 0.5) is 0 Å². The van der Waals surface area contributed by atoms with Crippen LogP contribution >= 0.6 is 0 Å². The summed E-state index contributed by atoms with van der Waals surface area (Å²) in [7, 11) is 0. The Kier molecular flexibility index (Phi) is 4.45. The summed E-state index contributed by atoms with van der Waals surface area (Å²) < 4.78 is 215. The Balaban J connectivity index is 1.33. The fraction of sp³-hybridized carbons (Fsp3) is 0.0175. The topological polar surface area (TPSA) is 25.8 Å². The molecule has 59 heavy (non-hydrogen) atoms. The number of fused-ring (bicyclic) bond motifs is 4. The molecule has 0 radical (unpaired) electrons. The van der Waals surface area contributed by atoms with Crippen LogP contribution in [0.3, 0.4) is 0 Å². The van der Waals surface area contributed by atoms with E-state index in [-0.39, 0.29) is 22.8 Å². The average Bonchev–Trinajstić information content (AvgIpc) is 1.50. The molecule has 0 fully saturated rings. The molecule has 276 valence electrons. The van der Waals surface area contributed by atoms with Gasteiger partial charge in [0, 0.05) is 16.7 Å². The maximum absolute atomic E-state index is 10.5. The van der Waals surface area contributed by atoms with E-state index in [1.54, 1.807) is 30.3 Å². The summed E-state index contributed by atoms with van der Waals surface area (Å²) >= 11 is 0. The molecule has 0 atom stereocenters. The highest BCUT2D eigenvalue weighted by Gasteiger charge is 2.46. The molecule has 0 saturated heterocycles. The Morgan fingerprint density at radius 3 is 1.56 bits per heavy atom. The molecule has 1 aromatic heterocycles. The van der Waals surface area contributed by atoms with Crippen molar-refractivity contribution in [3.8, 4) is 67.3 Å². The van der Waals surface area contributed by atoms with Crippen molar-refractivity contribution in [3.05, 3.63) is 252 Å². The minimum atomic E-state index is -3.21. The summed E-state index contributed by atoms with van der Waals surface area (Å²) in [6.07, 6.45) is 0. The third-order valence-electron chi connectivity index (χ3n) is 10.3. The van der Waals surface area contributed by atoms with E-state index in [0.717, 1.165) is 11.1 Å². The van der Waals surface area contributed by atoms with Crippen LogP contribution in [0.25, 0.3) is 78.1 Å². The van der Waals surface area contributed by atoms with Gasteiger partial charge in [-0.1, -0.05) is 218 Å². The SMILES string of the molecule is [2H]c1c([2H])c([2H])c(C2(c3c([2H])c([2H])c([2H])c([2H])c3[2H])c3c([2H])c([2H])c([2H])c([2H])c3-c3c([2H])c([2H])c(-c4c([2H])c([2H])c(-c5cc(-c6ccc(-c7ccccc7)cc6)nc(-c6ccccc6)n5)c5c([2H])c([2H])c([2H])c([2H])c45)c([2H])c32)c([2H])c1[2H]. The van der Waals surface area contributed by atoms with E-state index in [1.807, 2.05) is 54.6 Å². The zero-order valence-corrected chi connectivity index (χ0v) is 30.6. The fourth-order valence-corrected chi connectivity index (χ4v) is 7.63. The third kappa shape index (κ3) is 5.80. The van der Waals surface area contributed by atoms with Crippen LogP contribution in [0.2, 0.25) is 0 Å². The fourth-order valence-electron chi connectivity index (χ4n) is 7.63. The van der Waals surface area contributed by atoms with Gasteiger partial charge in [0.15, 0.2) is 5.82 Å². The van der Waals surface area contributed by atoms with Crippen LogP contribution in [-0.4, -0.2) is 9.97 Å². The van der Waals surface area contributed by atoms with Crippen LogP contribution in [0.15, 0.2) is 230 Å². The number of benzene rings is 9. The predicted octanol–water partition coefficient (Wildman–Crippen LogP) is 14.3. The van der Waals surface area contributed by atoms with Gasteiger partial charge in [-0.3, -0.25) is 0 Å². The quantitative estimate of drug-likeness (QED) is 0.161. The molecule has 10 aromatic rings. The summed E-state index contributed by atoms with van der Waals surface area (Å²) in [5.74, 6) is 0.106. The lowest BCUT2D eigenvalue weighted by Crippen LogP contribution is -2.28. The van der Waals surface area contributed by atoms with Gasteiger partial charge in [0.2, 0.25) is 0 Å². The van der Waals surface area contributed by atoms with Crippen LogP contribution in [-0.2, 0) is 5.41 Å². The van der Waals surface area contributed by atoms with Crippen LogP contribution < -0.4 is 0 Å². The Morgan fingerprint density at radius 1 is 0.356 bits per heavy atom. The lowest BCUT2D eigenvalue weighted by molar-refractivity contribution is 0.769. The van der Waals surface area contributed by atoms with Crippen molar-refractivity contribution in [2.75, 3.05) is 0 Å². The van der Waals surface area contributed by atoms with Gasteiger partial charge in [0.25, 0.3) is 0 Å². The maximum Gasteiger partial charge on any atom is 0.160 e. The van der Waals surface area contributed by atoms with Gasteiger partial charge < -0.3 is 0 Å². The van der Waals surface area contributed by atoms with E-state index in [9.17, 15) is 17.8 Å². The molecule has 0 spiro atoms. The molecule has 0 amide bonds. The van der Waals surface area contributed by atoms with Crippen molar-refractivity contribution in [2.45, 2.75) is 5.41 Å². The second kappa shape index (κ2) is 14.4. The maximum atomic E-state index is 10.5. The minimum Gasteiger partial charge on any atom is -0.228 e. The Bertz CT molecular complexity index is 4350. The molecule has 11 rings (SSSR count). The number of hydrogen-bond acceptors (Lipinski definition) is 2. The van der Waals surface area contributed by atoms with E-state index in [2.05, 4.69) is 0 Å². The predicted molar refractivity (Wildman–Crippen MR) is 244 cm³/mol. The molecule has 1 aliphatic rings. The third-order valence-corrected chi connectivity index (χ3v) is 10.3. The first kappa shape index (κ1) is 18.3. The molecular formula is C57H38N2. The molecule has 0 bridgehead atoms. The first-order valence-corrected chi connectivity index (χ1v) is 18.4. The monoisotopic (exact) mass is 773 g/mol. The molecule has 0 unspecified atom stereocenters. The van der Waals surface area contributed by atoms with E-state index in [0.29, 0.717) is 11.1 Å².